The van der Waals surface area contributed by atoms with Crippen LogP contribution in [0.4, 0.5) is 13.9 Å². The third-order valence-corrected chi connectivity index (χ3v) is 4.67. The van der Waals surface area contributed by atoms with Crippen LogP contribution in [0.2, 0.25) is 0 Å². The summed E-state index contributed by atoms with van der Waals surface area (Å²) in [5.74, 6) is 0.680. The number of thiazole rings is 1. The molecule has 0 radical (unpaired) electrons. The second-order valence-corrected chi connectivity index (χ2v) is 6.62. The van der Waals surface area contributed by atoms with E-state index < -0.39 is 18.6 Å². The maximum absolute atomic E-state index is 12.6. The third kappa shape index (κ3) is 3.89. The summed E-state index contributed by atoms with van der Waals surface area (Å²) in [6.45, 7) is -2.86. The fourth-order valence-electron chi connectivity index (χ4n) is 2.67. The molecule has 2 aromatic carbocycles. The van der Waals surface area contributed by atoms with Crippen LogP contribution in [-0.4, -0.2) is 30.2 Å². The van der Waals surface area contributed by atoms with Crippen molar-refractivity contribution in [1.29, 1.82) is 0 Å². The van der Waals surface area contributed by atoms with Gasteiger partial charge in [-0.05, 0) is 24.3 Å². The molecule has 1 unspecified atom stereocenters. The van der Waals surface area contributed by atoms with E-state index in [0.29, 0.717) is 27.9 Å². The highest BCUT2D eigenvalue weighted by molar-refractivity contribution is 7.14. The van der Waals surface area contributed by atoms with E-state index in [2.05, 4.69) is 15.0 Å². The van der Waals surface area contributed by atoms with E-state index in [1.54, 1.807) is 41.8 Å². The first-order valence-corrected chi connectivity index (χ1v) is 9.17. The van der Waals surface area contributed by atoms with Crippen LogP contribution < -0.4 is 19.5 Å². The number of rotatable bonds is 5. The molecule has 0 saturated carbocycles. The molecule has 1 N–H and O–H groups in total. The molecule has 144 valence electrons. The molecular formula is C19H14F2N2O4S. The lowest BCUT2D eigenvalue weighted by Gasteiger charge is -2.25. The van der Waals surface area contributed by atoms with Crippen LogP contribution in [0, 0.1) is 0 Å². The molecule has 9 heteroatoms. The molecule has 1 aliphatic heterocycles. The van der Waals surface area contributed by atoms with E-state index in [4.69, 9.17) is 9.47 Å². The Labute approximate surface area is 162 Å². The van der Waals surface area contributed by atoms with Crippen molar-refractivity contribution in [2.75, 3.05) is 11.9 Å². The maximum atomic E-state index is 12.6. The van der Waals surface area contributed by atoms with Crippen LogP contribution in [-0.2, 0) is 4.79 Å². The molecule has 28 heavy (non-hydrogen) atoms. The number of para-hydroxylation sites is 3. The average molecular weight is 404 g/mol. The number of nitrogens with one attached hydrogen (secondary N) is 1. The number of hydrogen-bond donors (Lipinski definition) is 1. The minimum absolute atomic E-state index is 0.0151. The molecule has 4 rings (SSSR count). The number of ether oxygens (including phenoxy) is 3. The lowest BCUT2D eigenvalue weighted by atomic mass is 10.1. The van der Waals surface area contributed by atoms with Gasteiger partial charge in [0.1, 0.15) is 12.4 Å². The lowest BCUT2D eigenvalue weighted by molar-refractivity contribution is -0.125. The van der Waals surface area contributed by atoms with Crippen molar-refractivity contribution in [3.05, 3.63) is 53.9 Å². The molecule has 2 heterocycles. The fraction of sp³-hybridized carbons (Fsp3) is 0.158. The predicted octanol–water partition coefficient (Wildman–Crippen LogP) is 4.19. The number of nitrogens with zero attached hydrogens (tertiary/aromatic N) is 1. The highest BCUT2D eigenvalue weighted by Gasteiger charge is 2.28. The maximum Gasteiger partial charge on any atom is 0.387 e. The summed E-state index contributed by atoms with van der Waals surface area (Å²) in [6.07, 6.45) is -0.822. The van der Waals surface area contributed by atoms with Gasteiger partial charge in [0.05, 0.1) is 5.69 Å². The summed E-state index contributed by atoms with van der Waals surface area (Å²) in [5, 5.41) is 4.63. The summed E-state index contributed by atoms with van der Waals surface area (Å²) >= 11 is 1.17. The zero-order valence-corrected chi connectivity index (χ0v) is 15.1. The zero-order valence-electron chi connectivity index (χ0n) is 14.3. The zero-order chi connectivity index (χ0) is 19.5. The topological polar surface area (TPSA) is 69.7 Å². The molecule has 0 bridgehead atoms. The number of carbonyl (C=O) groups excluding carboxylic acids is 1. The minimum Gasteiger partial charge on any atom is -0.485 e. The second-order valence-electron chi connectivity index (χ2n) is 5.77. The minimum atomic E-state index is -2.94. The van der Waals surface area contributed by atoms with Gasteiger partial charge in [0.25, 0.3) is 5.91 Å². The normalized spacial score (nSPS) is 15.3. The monoisotopic (exact) mass is 404 g/mol. The van der Waals surface area contributed by atoms with Crippen LogP contribution in [0.3, 0.4) is 0 Å². The van der Waals surface area contributed by atoms with Crippen LogP contribution in [0.15, 0.2) is 53.9 Å². The molecule has 0 spiro atoms. The largest absolute Gasteiger partial charge is 0.485 e. The Morgan fingerprint density at radius 2 is 1.93 bits per heavy atom. The number of fused-ring (bicyclic) bond motifs is 1. The molecule has 1 atom stereocenters. The van der Waals surface area contributed by atoms with Crippen molar-refractivity contribution in [2.45, 2.75) is 12.7 Å². The van der Waals surface area contributed by atoms with Crippen molar-refractivity contribution in [2.24, 2.45) is 0 Å². The van der Waals surface area contributed by atoms with Gasteiger partial charge in [0.2, 0.25) is 6.10 Å². The quantitative estimate of drug-likeness (QED) is 0.691. The first kappa shape index (κ1) is 18.2. The van der Waals surface area contributed by atoms with Gasteiger partial charge in [-0.15, -0.1) is 11.3 Å². The van der Waals surface area contributed by atoms with Crippen molar-refractivity contribution in [3.8, 4) is 28.5 Å². The molecule has 1 aromatic heterocycles. The number of benzene rings is 2. The molecule has 0 aliphatic carbocycles. The van der Waals surface area contributed by atoms with Gasteiger partial charge in [0.15, 0.2) is 16.6 Å². The third-order valence-electron chi connectivity index (χ3n) is 3.91. The summed E-state index contributed by atoms with van der Waals surface area (Å²) in [6, 6.07) is 13.4. The van der Waals surface area contributed by atoms with Crippen LogP contribution in [0.1, 0.15) is 0 Å². The van der Waals surface area contributed by atoms with Crippen LogP contribution >= 0.6 is 11.3 Å². The Bertz CT molecular complexity index is 995. The number of alkyl halides is 2. The fourth-order valence-corrected chi connectivity index (χ4v) is 3.38. The smallest absolute Gasteiger partial charge is 0.387 e. The highest BCUT2D eigenvalue weighted by Crippen LogP contribution is 2.34. The van der Waals surface area contributed by atoms with Gasteiger partial charge in [-0.1, -0.05) is 24.3 Å². The molecule has 1 aliphatic rings. The van der Waals surface area contributed by atoms with Crippen molar-refractivity contribution < 1.29 is 27.8 Å². The number of aromatic nitrogens is 1. The molecule has 6 nitrogen and oxygen atoms in total. The average Bonchev–Trinajstić information content (AvgIpc) is 3.15. The number of anilines is 1. The highest BCUT2D eigenvalue weighted by atomic mass is 32.1. The van der Waals surface area contributed by atoms with Gasteiger partial charge in [0, 0.05) is 10.9 Å². The number of amides is 1. The molecule has 0 fully saturated rings. The molecule has 0 saturated heterocycles. The van der Waals surface area contributed by atoms with Crippen molar-refractivity contribution in [1.82, 2.24) is 4.98 Å². The lowest BCUT2D eigenvalue weighted by Crippen LogP contribution is -2.40. The SMILES string of the molecule is O=C(Nc1nc(-c2ccccc2OC(F)F)cs1)C1COc2ccccc2O1. The Hall–Kier alpha value is -3.20. The summed E-state index contributed by atoms with van der Waals surface area (Å²) in [5.41, 5.74) is 0.827. The van der Waals surface area contributed by atoms with Crippen LogP contribution in [0.25, 0.3) is 11.3 Å². The van der Waals surface area contributed by atoms with E-state index in [0.717, 1.165) is 0 Å². The van der Waals surface area contributed by atoms with Gasteiger partial charge >= 0.3 is 6.61 Å². The number of carbonyl (C=O) groups is 1. The van der Waals surface area contributed by atoms with E-state index >= 15 is 0 Å². The summed E-state index contributed by atoms with van der Waals surface area (Å²) in [7, 11) is 0. The summed E-state index contributed by atoms with van der Waals surface area (Å²) < 4.78 is 40.9. The standard InChI is InChI=1S/C19H14F2N2O4S/c20-18(21)27-13-6-2-1-5-11(13)12-10-28-19(22-12)23-17(24)16-9-25-14-7-3-4-8-15(14)26-16/h1-8,10,16,18H,9H2,(H,22,23,24). The Morgan fingerprint density at radius 1 is 1.18 bits per heavy atom. The first-order chi connectivity index (χ1) is 13.6. The van der Waals surface area contributed by atoms with Gasteiger partial charge in [-0.3, -0.25) is 10.1 Å². The molecule has 1 amide bonds. The molecular weight excluding hydrogens is 390 g/mol. The van der Waals surface area contributed by atoms with E-state index in [9.17, 15) is 13.6 Å². The number of hydrogen-bond acceptors (Lipinski definition) is 6. The predicted molar refractivity (Wildman–Crippen MR) is 99.2 cm³/mol. The van der Waals surface area contributed by atoms with Gasteiger partial charge in [-0.2, -0.15) is 8.78 Å². The van der Waals surface area contributed by atoms with Gasteiger partial charge in [-0.25, -0.2) is 4.98 Å². The van der Waals surface area contributed by atoms with Crippen molar-refractivity contribution >= 4 is 22.4 Å². The Morgan fingerprint density at radius 3 is 2.75 bits per heavy atom. The van der Waals surface area contributed by atoms with Crippen LogP contribution in [0.5, 0.6) is 17.2 Å². The van der Waals surface area contributed by atoms with E-state index in [1.807, 2.05) is 6.07 Å². The first-order valence-electron chi connectivity index (χ1n) is 8.29. The number of halogens is 2. The van der Waals surface area contributed by atoms with E-state index in [-0.39, 0.29) is 12.4 Å². The van der Waals surface area contributed by atoms with Crippen molar-refractivity contribution in [3.63, 3.8) is 0 Å². The van der Waals surface area contributed by atoms with Gasteiger partial charge < -0.3 is 14.2 Å². The van der Waals surface area contributed by atoms with E-state index in [1.165, 1.54) is 17.4 Å². The Balaban J connectivity index is 1.47. The molecule has 3 aromatic rings. The summed E-state index contributed by atoms with van der Waals surface area (Å²) in [4.78, 5) is 16.8. The second kappa shape index (κ2) is 7.81. The Kier molecular flexibility index (Phi) is 5.07.